The van der Waals surface area contributed by atoms with Gasteiger partial charge in [-0.3, -0.25) is 0 Å². The molecule has 0 aliphatic carbocycles. The van der Waals surface area contributed by atoms with Crippen molar-refractivity contribution >= 4 is 28.4 Å². The van der Waals surface area contributed by atoms with Crippen LogP contribution in [0.2, 0.25) is 0 Å². The van der Waals surface area contributed by atoms with E-state index in [0.717, 1.165) is 11.3 Å². The zero-order valence-corrected chi connectivity index (χ0v) is 10.6. The first-order valence-electron chi connectivity index (χ1n) is 4.99. The molecule has 0 aliphatic rings. The fraction of sp³-hybridized carbons (Fsp3) is 0.500. The van der Waals surface area contributed by atoms with Crippen LogP contribution >= 0.6 is 11.3 Å². The minimum Gasteiger partial charge on any atom is -0.477 e. The molecule has 0 spiro atoms. The SMILES string of the molecule is COC(=O)C(Nc1ncc(C(=O)O)s1)C(C)C. The second-order valence-corrected chi connectivity index (χ2v) is 4.75. The number of hydrogen-bond donors (Lipinski definition) is 2. The van der Waals surface area contributed by atoms with E-state index in [2.05, 4.69) is 15.0 Å². The Bertz CT molecular complexity index is 416. The fourth-order valence-electron chi connectivity index (χ4n) is 1.20. The van der Waals surface area contributed by atoms with E-state index in [4.69, 9.17) is 5.11 Å². The van der Waals surface area contributed by atoms with E-state index in [1.165, 1.54) is 13.3 Å². The number of aromatic nitrogens is 1. The third-order valence-electron chi connectivity index (χ3n) is 2.12. The van der Waals surface area contributed by atoms with Crippen molar-refractivity contribution in [1.82, 2.24) is 4.98 Å². The summed E-state index contributed by atoms with van der Waals surface area (Å²) in [4.78, 5) is 26.2. The molecular weight excluding hydrogens is 244 g/mol. The van der Waals surface area contributed by atoms with E-state index in [1.807, 2.05) is 13.8 Å². The van der Waals surface area contributed by atoms with Gasteiger partial charge in [0.05, 0.1) is 13.3 Å². The quantitative estimate of drug-likeness (QED) is 0.777. The Labute approximate surface area is 103 Å². The van der Waals surface area contributed by atoms with Crippen molar-refractivity contribution < 1.29 is 19.4 Å². The Morgan fingerprint density at radius 1 is 1.53 bits per heavy atom. The lowest BCUT2D eigenvalue weighted by Gasteiger charge is -2.18. The highest BCUT2D eigenvalue weighted by Gasteiger charge is 2.24. The highest BCUT2D eigenvalue weighted by molar-refractivity contribution is 7.17. The van der Waals surface area contributed by atoms with Gasteiger partial charge >= 0.3 is 11.9 Å². The minimum atomic E-state index is -1.03. The van der Waals surface area contributed by atoms with Gasteiger partial charge in [0.25, 0.3) is 0 Å². The molecule has 0 saturated carbocycles. The molecule has 17 heavy (non-hydrogen) atoms. The van der Waals surface area contributed by atoms with Crippen LogP contribution in [0.3, 0.4) is 0 Å². The van der Waals surface area contributed by atoms with Gasteiger partial charge in [-0.2, -0.15) is 0 Å². The first-order valence-corrected chi connectivity index (χ1v) is 5.80. The highest BCUT2D eigenvalue weighted by Crippen LogP contribution is 2.20. The molecule has 1 unspecified atom stereocenters. The van der Waals surface area contributed by atoms with Crippen molar-refractivity contribution in [1.29, 1.82) is 0 Å². The molecule has 1 rings (SSSR count). The summed E-state index contributed by atoms with van der Waals surface area (Å²) < 4.78 is 4.66. The monoisotopic (exact) mass is 258 g/mol. The van der Waals surface area contributed by atoms with Crippen LogP contribution in [0.4, 0.5) is 5.13 Å². The van der Waals surface area contributed by atoms with E-state index < -0.39 is 18.0 Å². The van der Waals surface area contributed by atoms with Gasteiger partial charge in [-0.25, -0.2) is 14.6 Å². The van der Waals surface area contributed by atoms with Gasteiger partial charge < -0.3 is 15.2 Å². The molecule has 0 bridgehead atoms. The Kier molecular flexibility index (Phi) is 4.45. The van der Waals surface area contributed by atoms with Crippen LogP contribution in [-0.2, 0) is 9.53 Å². The molecule has 1 aromatic heterocycles. The van der Waals surface area contributed by atoms with Gasteiger partial charge in [0.1, 0.15) is 10.9 Å². The van der Waals surface area contributed by atoms with Crippen molar-refractivity contribution in [2.75, 3.05) is 12.4 Å². The number of esters is 1. The Morgan fingerprint density at radius 2 is 2.18 bits per heavy atom. The summed E-state index contributed by atoms with van der Waals surface area (Å²) in [6, 6.07) is -0.534. The molecule has 0 radical (unpaired) electrons. The van der Waals surface area contributed by atoms with Crippen LogP contribution in [0.5, 0.6) is 0 Å². The Balaban J connectivity index is 2.79. The highest BCUT2D eigenvalue weighted by atomic mass is 32.1. The summed E-state index contributed by atoms with van der Waals surface area (Å²) in [5.41, 5.74) is 0. The fourth-order valence-corrected chi connectivity index (χ4v) is 1.89. The Morgan fingerprint density at radius 3 is 2.59 bits per heavy atom. The number of thiazole rings is 1. The maximum Gasteiger partial charge on any atom is 0.347 e. The maximum atomic E-state index is 11.5. The minimum absolute atomic E-state index is 0.0135. The zero-order chi connectivity index (χ0) is 13.0. The van der Waals surface area contributed by atoms with E-state index in [9.17, 15) is 9.59 Å². The van der Waals surface area contributed by atoms with E-state index in [1.54, 1.807) is 0 Å². The number of nitrogens with one attached hydrogen (secondary N) is 1. The number of anilines is 1. The smallest absolute Gasteiger partial charge is 0.347 e. The molecule has 94 valence electrons. The van der Waals surface area contributed by atoms with Gasteiger partial charge in [0.2, 0.25) is 0 Å². The number of ether oxygens (including phenoxy) is 1. The number of carbonyl (C=O) groups is 2. The van der Waals surface area contributed by atoms with E-state index >= 15 is 0 Å². The standard InChI is InChI=1S/C10H14N2O4S/c1-5(2)7(9(15)16-3)12-10-11-4-6(17-10)8(13)14/h4-5,7H,1-3H3,(H,11,12)(H,13,14). The number of aromatic carboxylic acids is 1. The number of carboxylic acid groups (broad SMARTS) is 1. The van der Waals surface area contributed by atoms with Crippen molar-refractivity contribution in [3.63, 3.8) is 0 Å². The van der Waals surface area contributed by atoms with E-state index in [-0.39, 0.29) is 10.8 Å². The largest absolute Gasteiger partial charge is 0.477 e. The molecule has 0 saturated heterocycles. The zero-order valence-electron chi connectivity index (χ0n) is 9.76. The van der Waals surface area contributed by atoms with Crippen molar-refractivity contribution in [3.05, 3.63) is 11.1 Å². The third kappa shape index (κ3) is 3.42. The van der Waals surface area contributed by atoms with Gasteiger partial charge in [0.15, 0.2) is 5.13 Å². The summed E-state index contributed by atoms with van der Waals surface area (Å²) in [5, 5.41) is 12.0. The van der Waals surface area contributed by atoms with Crippen LogP contribution in [0.25, 0.3) is 0 Å². The molecule has 1 atom stereocenters. The molecule has 0 aromatic carbocycles. The Hall–Kier alpha value is -1.63. The second kappa shape index (κ2) is 5.62. The summed E-state index contributed by atoms with van der Waals surface area (Å²) in [5.74, 6) is -1.42. The summed E-state index contributed by atoms with van der Waals surface area (Å²) in [6.07, 6.45) is 1.25. The second-order valence-electron chi connectivity index (χ2n) is 3.72. The average Bonchev–Trinajstić information content (AvgIpc) is 2.73. The molecular formula is C10H14N2O4S. The number of hydrogen-bond acceptors (Lipinski definition) is 6. The molecule has 2 N–H and O–H groups in total. The number of methoxy groups -OCH3 is 1. The lowest BCUT2D eigenvalue weighted by Crippen LogP contribution is -2.35. The van der Waals surface area contributed by atoms with Crippen LogP contribution in [0.15, 0.2) is 6.20 Å². The first-order chi connectivity index (χ1) is 7.95. The van der Waals surface area contributed by atoms with Crippen molar-refractivity contribution in [3.8, 4) is 0 Å². The molecule has 6 nitrogen and oxygen atoms in total. The number of carbonyl (C=O) groups excluding carboxylic acids is 1. The maximum absolute atomic E-state index is 11.5. The molecule has 0 fully saturated rings. The lowest BCUT2D eigenvalue weighted by molar-refractivity contribution is -0.142. The predicted octanol–water partition coefficient (Wildman–Crippen LogP) is 1.45. The molecule has 1 heterocycles. The number of nitrogens with zero attached hydrogens (tertiary/aromatic N) is 1. The average molecular weight is 258 g/mol. The van der Waals surface area contributed by atoms with Crippen LogP contribution in [-0.4, -0.2) is 35.2 Å². The third-order valence-corrected chi connectivity index (χ3v) is 3.03. The normalized spacial score (nSPS) is 12.2. The number of carboxylic acids is 1. The van der Waals surface area contributed by atoms with Crippen molar-refractivity contribution in [2.24, 2.45) is 5.92 Å². The van der Waals surface area contributed by atoms with Crippen molar-refractivity contribution in [2.45, 2.75) is 19.9 Å². The predicted molar refractivity (Wildman–Crippen MR) is 63.3 cm³/mol. The summed E-state index contributed by atoms with van der Waals surface area (Å²) in [6.45, 7) is 3.72. The topological polar surface area (TPSA) is 88.5 Å². The molecule has 1 aromatic rings. The van der Waals surface area contributed by atoms with Gasteiger partial charge in [-0.05, 0) is 5.92 Å². The van der Waals surface area contributed by atoms with Crippen LogP contribution in [0, 0.1) is 5.92 Å². The first kappa shape index (κ1) is 13.4. The van der Waals surface area contributed by atoms with Crippen LogP contribution < -0.4 is 5.32 Å². The van der Waals surface area contributed by atoms with E-state index in [0.29, 0.717) is 5.13 Å². The van der Waals surface area contributed by atoms with Gasteiger partial charge in [-0.1, -0.05) is 25.2 Å². The summed E-state index contributed by atoms with van der Waals surface area (Å²) >= 11 is 0.985. The lowest BCUT2D eigenvalue weighted by atomic mass is 10.1. The molecule has 7 heteroatoms. The van der Waals surface area contributed by atoms with Crippen LogP contribution in [0.1, 0.15) is 23.5 Å². The molecule has 0 amide bonds. The van der Waals surface area contributed by atoms with Gasteiger partial charge in [-0.15, -0.1) is 0 Å². The summed E-state index contributed by atoms with van der Waals surface area (Å²) in [7, 11) is 1.31. The number of rotatable bonds is 5. The van der Waals surface area contributed by atoms with Gasteiger partial charge in [0, 0.05) is 0 Å². The molecule has 0 aliphatic heterocycles.